The van der Waals surface area contributed by atoms with Gasteiger partial charge >= 0.3 is 0 Å². The third-order valence-electron chi connectivity index (χ3n) is 2.53. The monoisotopic (exact) mass is 248 g/mol. The van der Waals surface area contributed by atoms with E-state index in [0.29, 0.717) is 5.75 Å². The number of rotatable bonds is 3. The molecule has 17 heavy (non-hydrogen) atoms. The van der Waals surface area contributed by atoms with Crippen molar-refractivity contribution < 1.29 is 4.79 Å². The van der Waals surface area contributed by atoms with Crippen LogP contribution < -0.4 is 4.90 Å². The zero-order valence-corrected chi connectivity index (χ0v) is 11.0. The number of hydrogen-bond donors (Lipinski definition) is 0. The van der Waals surface area contributed by atoms with Crippen molar-refractivity contribution in [1.29, 1.82) is 0 Å². The van der Waals surface area contributed by atoms with Gasteiger partial charge in [-0.05, 0) is 25.5 Å². The number of amides is 1. The zero-order chi connectivity index (χ0) is 12.3. The molecule has 0 unspecified atom stereocenters. The molecule has 1 heterocycles. The van der Waals surface area contributed by atoms with Crippen molar-refractivity contribution in [2.45, 2.75) is 20.3 Å². The van der Waals surface area contributed by atoms with E-state index in [2.05, 4.69) is 11.9 Å². The summed E-state index contributed by atoms with van der Waals surface area (Å²) < 4.78 is 0. The van der Waals surface area contributed by atoms with Crippen LogP contribution in [0.2, 0.25) is 0 Å². The summed E-state index contributed by atoms with van der Waals surface area (Å²) in [5, 5.41) is 0.834. The molecule has 0 spiro atoms. The summed E-state index contributed by atoms with van der Waals surface area (Å²) in [6, 6.07) is 7.98. The van der Waals surface area contributed by atoms with Gasteiger partial charge in [-0.1, -0.05) is 36.4 Å². The molecule has 0 atom stereocenters. The number of nitrogens with zero attached hydrogens (tertiary/aromatic N) is 2. The maximum absolute atomic E-state index is 11.9. The van der Waals surface area contributed by atoms with E-state index < -0.39 is 0 Å². The Morgan fingerprint density at radius 3 is 2.71 bits per heavy atom. The molecular formula is C13H16N2OS. The Hall–Kier alpha value is -1.29. The number of amidine groups is 1. The maximum Gasteiger partial charge on any atom is 0.243 e. The van der Waals surface area contributed by atoms with Gasteiger partial charge < -0.3 is 0 Å². The number of hydrogen-bond acceptors (Lipinski definition) is 3. The van der Waals surface area contributed by atoms with E-state index in [9.17, 15) is 4.79 Å². The van der Waals surface area contributed by atoms with Crippen LogP contribution in [0.1, 0.15) is 18.9 Å². The van der Waals surface area contributed by atoms with Crippen molar-refractivity contribution in [3.05, 3.63) is 29.8 Å². The summed E-state index contributed by atoms with van der Waals surface area (Å²) in [6.45, 7) is 4.90. The van der Waals surface area contributed by atoms with Crippen LogP contribution in [-0.2, 0) is 4.79 Å². The summed E-state index contributed by atoms with van der Waals surface area (Å²) >= 11 is 1.52. The second-order valence-electron chi connectivity index (χ2n) is 4.02. The molecule has 1 aliphatic rings. The number of anilines is 1. The molecule has 90 valence electrons. The largest absolute Gasteiger partial charge is 0.273 e. The normalized spacial score (nSPS) is 18.1. The first kappa shape index (κ1) is 12.2. The lowest BCUT2D eigenvalue weighted by molar-refractivity contribution is -0.115. The number of aliphatic imine (C=N–C) groups is 1. The Morgan fingerprint density at radius 2 is 2.06 bits per heavy atom. The predicted molar refractivity (Wildman–Crippen MR) is 73.7 cm³/mol. The van der Waals surface area contributed by atoms with Gasteiger partial charge in [0, 0.05) is 6.54 Å². The van der Waals surface area contributed by atoms with Gasteiger partial charge in [0.2, 0.25) is 5.91 Å². The summed E-state index contributed by atoms with van der Waals surface area (Å²) in [5.41, 5.74) is 2.11. The molecule has 0 radical (unpaired) electrons. The van der Waals surface area contributed by atoms with Gasteiger partial charge in [0.1, 0.15) is 0 Å². The molecule has 1 saturated heterocycles. The van der Waals surface area contributed by atoms with Crippen LogP contribution in [-0.4, -0.2) is 23.4 Å². The highest BCUT2D eigenvalue weighted by molar-refractivity contribution is 8.15. The first-order valence-corrected chi connectivity index (χ1v) is 6.78. The van der Waals surface area contributed by atoms with Crippen LogP contribution in [0, 0.1) is 6.92 Å². The van der Waals surface area contributed by atoms with Crippen molar-refractivity contribution in [1.82, 2.24) is 0 Å². The van der Waals surface area contributed by atoms with Gasteiger partial charge in [-0.25, -0.2) is 0 Å². The van der Waals surface area contributed by atoms with Gasteiger partial charge in [0.15, 0.2) is 5.17 Å². The summed E-state index contributed by atoms with van der Waals surface area (Å²) in [5.74, 6) is 0.616. The molecule has 0 aromatic heterocycles. The van der Waals surface area contributed by atoms with E-state index in [4.69, 9.17) is 0 Å². The number of carbonyl (C=O) groups is 1. The van der Waals surface area contributed by atoms with Crippen LogP contribution in [0.4, 0.5) is 5.69 Å². The fourth-order valence-electron chi connectivity index (χ4n) is 1.63. The number of benzene rings is 1. The van der Waals surface area contributed by atoms with Crippen LogP contribution >= 0.6 is 11.8 Å². The highest BCUT2D eigenvalue weighted by Crippen LogP contribution is 2.26. The second-order valence-corrected chi connectivity index (χ2v) is 4.96. The third-order valence-corrected chi connectivity index (χ3v) is 3.49. The molecule has 1 amide bonds. The molecule has 0 bridgehead atoms. The van der Waals surface area contributed by atoms with E-state index in [1.807, 2.05) is 31.2 Å². The second kappa shape index (κ2) is 5.36. The van der Waals surface area contributed by atoms with Crippen LogP contribution in [0.3, 0.4) is 0 Å². The van der Waals surface area contributed by atoms with Gasteiger partial charge in [-0.15, -0.1) is 0 Å². The van der Waals surface area contributed by atoms with E-state index in [-0.39, 0.29) is 5.91 Å². The summed E-state index contributed by atoms with van der Waals surface area (Å²) in [4.78, 5) is 18.0. The maximum atomic E-state index is 11.9. The van der Waals surface area contributed by atoms with E-state index in [1.54, 1.807) is 4.90 Å². The topological polar surface area (TPSA) is 32.7 Å². The Balaban J connectivity index is 2.27. The molecule has 1 fully saturated rings. The van der Waals surface area contributed by atoms with E-state index >= 15 is 0 Å². The first-order chi connectivity index (χ1) is 8.22. The smallest absolute Gasteiger partial charge is 0.243 e. The van der Waals surface area contributed by atoms with Crippen molar-refractivity contribution >= 4 is 28.5 Å². The summed E-state index contributed by atoms with van der Waals surface area (Å²) in [6.07, 6.45) is 1.000. The molecule has 1 aliphatic heterocycles. The SMILES string of the molecule is CCCN=C1SCC(=O)N1c1ccc(C)cc1. The Bertz CT molecular complexity index is 439. The van der Waals surface area contributed by atoms with Crippen molar-refractivity contribution in [2.24, 2.45) is 4.99 Å². The van der Waals surface area contributed by atoms with Crippen molar-refractivity contribution in [3.63, 3.8) is 0 Å². The highest BCUT2D eigenvalue weighted by atomic mass is 32.2. The molecule has 3 nitrogen and oxygen atoms in total. The third kappa shape index (κ3) is 2.69. The van der Waals surface area contributed by atoms with Gasteiger partial charge in [0.25, 0.3) is 0 Å². The molecule has 1 aromatic rings. The number of aryl methyl sites for hydroxylation is 1. The molecule has 0 aliphatic carbocycles. The fraction of sp³-hybridized carbons (Fsp3) is 0.385. The lowest BCUT2D eigenvalue weighted by Gasteiger charge is -2.16. The molecule has 0 saturated carbocycles. The molecule has 0 N–H and O–H groups in total. The number of thioether (sulfide) groups is 1. The lowest BCUT2D eigenvalue weighted by atomic mass is 10.2. The van der Waals surface area contributed by atoms with Gasteiger partial charge in [-0.2, -0.15) is 0 Å². The Kier molecular flexibility index (Phi) is 3.84. The van der Waals surface area contributed by atoms with Gasteiger partial charge in [-0.3, -0.25) is 14.7 Å². The molecule has 2 rings (SSSR count). The minimum atomic E-state index is 0.119. The average molecular weight is 248 g/mol. The minimum Gasteiger partial charge on any atom is -0.273 e. The lowest BCUT2D eigenvalue weighted by Crippen LogP contribution is -2.29. The van der Waals surface area contributed by atoms with Crippen LogP contribution in [0.5, 0.6) is 0 Å². The standard InChI is InChI=1S/C13H16N2OS/c1-3-8-14-13-15(12(16)9-17-13)11-6-4-10(2)5-7-11/h4-7H,3,8-9H2,1-2H3. The molecule has 1 aromatic carbocycles. The highest BCUT2D eigenvalue weighted by Gasteiger charge is 2.29. The summed E-state index contributed by atoms with van der Waals surface area (Å²) in [7, 11) is 0. The Morgan fingerprint density at radius 1 is 1.35 bits per heavy atom. The molecule has 4 heteroatoms. The fourth-order valence-corrected chi connectivity index (χ4v) is 2.53. The predicted octanol–water partition coefficient (Wildman–Crippen LogP) is 2.84. The van der Waals surface area contributed by atoms with Crippen molar-refractivity contribution in [3.8, 4) is 0 Å². The van der Waals surface area contributed by atoms with Gasteiger partial charge in [0.05, 0.1) is 11.4 Å². The van der Waals surface area contributed by atoms with E-state index in [1.165, 1.54) is 17.3 Å². The number of carbonyl (C=O) groups excluding carboxylic acids is 1. The Labute approximate surface area is 106 Å². The zero-order valence-electron chi connectivity index (χ0n) is 10.1. The quantitative estimate of drug-likeness (QED) is 0.824. The van der Waals surface area contributed by atoms with Crippen LogP contribution in [0.15, 0.2) is 29.3 Å². The van der Waals surface area contributed by atoms with Crippen LogP contribution in [0.25, 0.3) is 0 Å². The van der Waals surface area contributed by atoms with Crippen molar-refractivity contribution in [2.75, 3.05) is 17.2 Å². The average Bonchev–Trinajstić information content (AvgIpc) is 2.69. The first-order valence-electron chi connectivity index (χ1n) is 5.79. The molecular weight excluding hydrogens is 232 g/mol. The minimum absolute atomic E-state index is 0.119. The van der Waals surface area contributed by atoms with E-state index in [0.717, 1.165) is 23.8 Å².